The molecular weight excluding hydrogens is 383 g/mol. The normalized spacial score (nSPS) is 17.7. The highest BCUT2D eigenvalue weighted by Gasteiger charge is 2.19. The smallest absolute Gasteiger partial charge is 0.259 e. The molecule has 0 amide bonds. The van der Waals surface area contributed by atoms with Gasteiger partial charge < -0.3 is 9.47 Å². The summed E-state index contributed by atoms with van der Waals surface area (Å²) in [6.07, 6.45) is 2.78. The fraction of sp³-hybridized carbons (Fsp3) is 0.533. The molecule has 1 aliphatic heterocycles. The third-order valence-corrected chi connectivity index (χ3v) is 5.52. The van der Waals surface area contributed by atoms with Crippen LogP contribution in [0.4, 0.5) is 3.89 Å². The standard InChI is InChI=1S/C15H20BrFN4OS/c1-18-4-3-5-20(7-6-18)9-11-8-12-14(21(11)23-17)13(16)10-19(2)15(12)22/h8,10H,3-7,9H2,1-2H3. The molecule has 8 heteroatoms. The van der Waals surface area contributed by atoms with Gasteiger partial charge in [-0.05, 0) is 48.6 Å². The van der Waals surface area contributed by atoms with E-state index >= 15 is 0 Å². The Bertz CT molecular complexity index is 775. The Morgan fingerprint density at radius 1 is 1.26 bits per heavy atom. The maximum Gasteiger partial charge on any atom is 0.259 e. The van der Waals surface area contributed by atoms with Crippen molar-refractivity contribution in [2.75, 3.05) is 33.2 Å². The Kier molecular flexibility index (Phi) is 5.15. The molecule has 0 aliphatic carbocycles. The third-order valence-electron chi connectivity index (χ3n) is 4.38. The van der Waals surface area contributed by atoms with Gasteiger partial charge in [0.2, 0.25) is 0 Å². The molecule has 0 unspecified atom stereocenters. The van der Waals surface area contributed by atoms with Gasteiger partial charge in [0, 0.05) is 38.6 Å². The molecule has 0 radical (unpaired) electrons. The van der Waals surface area contributed by atoms with Crippen LogP contribution in [0.1, 0.15) is 12.1 Å². The molecule has 23 heavy (non-hydrogen) atoms. The van der Waals surface area contributed by atoms with Gasteiger partial charge in [-0.25, -0.2) is 0 Å². The van der Waals surface area contributed by atoms with Gasteiger partial charge in [0.15, 0.2) is 12.3 Å². The van der Waals surface area contributed by atoms with Crippen LogP contribution in [0.25, 0.3) is 10.9 Å². The van der Waals surface area contributed by atoms with E-state index in [1.165, 1.54) is 8.54 Å². The van der Waals surface area contributed by atoms with Crippen molar-refractivity contribution in [2.24, 2.45) is 7.05 Å². The maximum absolute atomic E-state index is 13.6. The summed E-state index contributed by atoms with van der Waals surface area (Å²) in [6.45, 7) is 4.68. The van der Waals surface area contributed by atoms with Crippen molar-refractivity contribution < 1.29 is 3.89 Å². The third kappa shape index (κ3) is 3.35. The molecule has 0 atom stereocenters. The molecule has 0 N–H and O–H groups in total. The molecule has 1 fully saturated rings. The Hall–Kier alpha value is -0.830. The summed E-state index contributed by atoms with van der Waals surface area (Å²) in [5.74, 6) is 0. The highest BCUT2D eigenvalue weighted by molar-refractivity contribution is 9.10. The molecule has 5 nitrogen and oxygen atoms in total. The molecule has 0 aromatic carbocycles. The van der Waals surface area contributed by atoms with Crippen LogP contribution in [0.2, 0.25) is 0 Å². The van der Waals surface area contributed by atoms with Crippen molar-refractivity contribution >= 4 is 39.2 Å². The Balaban J connectivity index is 1.99. The van der Waals surface area contributed by atoms with Crippen LogP contribution in [-0.2, 0) is 13.6 Å². The van der Waals surface area contributed by atoms with Crippen molar-refractivity contribution in [1.29, 1.82) is 0 Å². The van der Waals surface area contributed by atoms with Crippen LogP contribution in [-0.4, -0.2) is 51.6 Å². The van der Waals surface area contributed by atoms with Crippen molar-refractivity contribution in [2.45, 2.75) is 13.0 Å². The molecule has 1 aliphatic rings. The minimum Gasteiger partial charge on any atom is -0.317 e. The predicted octanol–water partition coefficient (Wildman–Crippen LogP) is 2.62. The maximum atomic E-state index is 13.6. The number of hydrogen-bond donors (Lipinski definition) is 0. The van der Waals surface area contributed by atoms with E-state index in [4.69, 9.17) is 0 Å². The lowest BCUT2D eigenvalue weighted by Gasteiger charge is -2.20. The topological polar surface area (TPSA) is 33.4 Å². The van der Waals surface area contributed by atoms with E-state index in [0.717, 1.165) is 42.8 Å². The Morgan fingerprint density at radius 3 is 2.78 bits per heavy atom. The first-order chi connectivity index (χ1) is 11.0. The van der Waals surface area contributed by atoms with Crippen molar-refractivity contribution in [3.05, 3.63) is 32.8 Å². The van der Waals surface area contributed by atoms with Gasteiger partial charge in [0.1, 0.15) is 0 Å². The van der Waals surface area contributed by atoms with E-state index in [0.29, 0.717) is 17.4 Å². The van der Waals surface area contributed by atoms with Crippen molar-refractivity contribution in [3.8, 4) is 0 Å². The van der Waals surface area contributed by atoms with Gasteiger partial charge in [0.05, 0.1) is 15.4 Å². The van der Waals surface area contributed by atoms with E-state index < -0.39 is 0 Å². The van der Waals surface area contributed by atoms with Crippen LogP contribution in [0.5, 0.6) is 0 Å². The largest absolute Gasteiger partial charge is 0.317 e. The van der Waals surface area contributed by atoms with Crippen LogP contribution in [0, 0.1) is 0 Å². The summed E-state index contributed by atoms with van der Waals surface area (Å²) in [6, 6.07) is 1.82. The second kappa shape index (κ2) is 6.96. The SMILES string of the molecule is CN1CCCN(Cc2cc3c(=O)n(C)cc(Br)c3n2SF)CC1. The fourth-order valence-corrected chi connectivity index (χ4v) is 4.37. The summed E-state index contributed by atoms with van der Waals surface area (Å²) in [7, 11) is 3.83. The first kappa shape index (κ1) is 17.0. The number of aryl methyl sites for hydroxylation is 1. The highest BCUT2D eigenvalue weighted by Crippen LogP contribution is 2.30. The van der Waals surface area contributed by atoms with Crippen molar-refractivity contribution in [3.63, 3.8) is 0 Å². The average Bonchev–Trinajstić information content (AvgIpc) is 2.76. The van der Waals surface area contributed by atoms with E-state index in [9.17, 15) is 8.68 Å². The number of aromatic nitrogens is 2. The molecule has 0 bridgehead atoms. The number of nitrogens with zero attached hydrogens (tertiary/aromatic N) is 4. The van der Waals surface area contributed by atoms with Gasteiger partial charge in [-0.2, -0.15) is 0 Å². The zero-order valence-corrected chi connectivity index (χ0v) is 15.7. The number of likely N-dealkylation sites (N-methyl/N-ethyl adjacent to an activating group) is 1. The highest BCUT2D eigenvalue weighted by atomic mass is 79.9. The second-order valence-corrected chi connectivity index (χ2v) is 7.44. The quantitative estimate of drug-likeness (QED) is 0.789. The Labute approximate surface area is 147 Å². The first-order valence-corrected chi connectivity index (χ1v) is 9.07. The first-order valence-electron chi connectivity index (χ1n) is 7.60. The van der Waals surface area contributed by atoms with E-state index in [2.05, 4.69) is 32.8 Å². The fourth-order valence-electron chi connectivity index (χ4n) is 3.09. The minimum absolute atomic E-state index is 0.104. The Morgan fingerprint density at radius 2 is 2.04 bits per heavy atom. The molecule has 126 valence electrons. The minimum atomic E-state index is -0.104. The number of rotatable bonds is 3. The second-order valence-electron chi connectivity index (χ2n) is 6.09. The lowest BCUT2D eigenvalue weighted by atomic mass is 10.3. The number of halogens is 2. The molecule has 0 saturated carbocycles. The summed E-state index contributed by atoms with van der Waals surface area (Å²) in [5, 5.41) is 0.550. The van der Waals surface area contributed by atoms with Gasteiger partial charge >= 0.3 is 0 Å². The van der Waals surface area contributed by atoms with Crippen LogP contribution in [0.15, 0.2) is 21.5 Å². The average molecular weight is 403 g/mol. The molecule has 2 aromatic heterocycles. The van der Waals surface area contributed by atoms with E-state index in [-0.39, 0.29) is 17.9 Å². The molecule has 3 rings (SSSR count). The molecule has 1 saturated heterocycles. The van der Waals surface area contributed by atoms with Crippen LogP contribution in [0.3, 0.4) is 0 Å². The molecule has 2 aromatic rings. The number of hydrogen-bond acceptors (Lipinski definition) is 4. The summed E-state index contributed by atoms with van der Waals surface area (Å²) >= 11 is 3.61. The van der Waals surface area contributed by atoms with Crippen LogP contribution < -0.4 is 5.56 Å². The van der Waals surface area contributed by atoms with Gasteiger partial charge in [-0.15, -0.1) is 3.89 Å². The molecular formula is C15H20BrFN4OS. The van der Waals surface area contributed by atoms with Crippen LogP contribution >= 0.6 is 28.3 Å². The summed E-state index contributed by atoms with van der Waals surface area (Å²) < 4.78 is 17.3. The number of fused-ring (bicyclic) bond motifs is 1. The number of pyridine rings is 1. The van der Waals surface area contributed by atoms with Crippen molar-refractivity contribution in [1.82, 2.24) is 18.3 Å². The van der Waals surface area contributed by atoms with E-state index in [1.807, 2.05) is 6.07 Å². The summed E-state index contributed by atoms with van der Waals surface area (Å²) in [4.78, 5) is 17.0. The zero-order chi connectivity index (χ0) is 16.6. The van der Waals surface area contributed by atoms with Gasteiger partial charge in [-0.1, -0.05) is 0 Å². The lowest BCUT2D eigenvalue weighted by Crippen LogP contribution is -2.29. The summed E-state index contributed by atoms with van der Waals surface area (Å²) in [5.41, 5.74) is 1.33. The zero-order valence-electron chi connectivity index (χ0n) is 13.3. The van der Waals surface area contributed by atoms with Gasteiger partial charge in [-0.3, -0.25) is 13.7 Å². The van der Waals surface area contributed by atoms with E-state index in [1.54, 1.807) is 13.2 Å². The monoisotopic (exact) mass is 402 g/mol. The lowest BCUT2D eigenvalue weighted by molar-refractivity contribution is 0.266. The van der Waals surface area contributed by atoms with Gasteiger partial charge in [0.25, 0.3) is 5.56 Å². The predicted molar refractivity (Wildman–Crippen MR) is 96.4 cm³/mol. The molecule has 0 spiro atoms. The molecule has 3 heterocycles.